The van der Waals surface area contributed by atoms with Crippen LogP contribution in [0.4, 0.5) is 17.6 Å². The number of halogens is 5. The summed E-state index contributed by atoms with van der Waals surface area (Å²) in [5.41, 5.74) is -0.114. The molecule has 0 spiro atoms. The number of hydrogen-bond donors (Lipinski definition) is 0. The maximum absolute atomic E-state index is 13.6. The second-order valence-electron chi connectivity index (χ2n) is 8.64. The number of aromatic nitrogens is 3. The van der Waals surface area contributed by atoms with Crippen molar-refractivity contribution in [3.63, 3.8) is 0 Å². The highest BCUT2D eigenvalue weighted by Crippen LogP contribution is 2.40. The monoisotopic (exact) mass is 506 g/mol. The molecule has 11 heteroatoms. The number of ether oxygens (including phenoxy) is 1. The van der Waals surface area contributed by atoms with Gasteiger partial charge in [-0.25, -0.2) is 19.3 Å². The number of nitrogens with zero attached hydrogens (tertiary/aromatic N) is 4. The molecule has 1 amide bonds. The number of rotatable bonds is 4. The summed E-state index contributed by atoms with van der Waals surface area (Å²) >= 11 is 6.04. The number of pyridine rings is 1. The van der Waals surface area contributed by atoms with Gasteiger partial charge in [-0.15, -0.1) is 0 Å². The summed E-state index contributed by atoms with van der Waals surface area (Å²) in [6.45, 7) is 0.524. The van der Waals surface area contributed by atoms with Crippen LogP contribution in [0.3, 0.4) is 0 Å². The van der Waals surface area contributed by atoms with Crippen LogP contribution in [-0.4, -0.2) is 44.4 Å². The van der Waals surface area contributed by atoms with Crippen LogP contribution in [-0.2, 0) is 6.18 Å². The van der Waals surface area contributed by atoms with E-state index >= 15 is 0 Å². The first-order valence-corrected chi connectivity index (χ1v) is 11.4. The van der Waals surface area contributed by atoms with Crippen molar-refractivity contribution in [3.8, 4) is 17.3 Å². The number of hydrogen-bond acceptors (Lipinski definition) is 5. The Morgan fingerprint density at radius 3 is 2.51 bits per heavy atom. The van der Waals surface area contributed by atoms with Crippen molar-refractivity contribution in [1.82, 2.24) is 19.9 Å². The largest absolute Gasteiger partial charge is 0.471 e. The molecule has 1 saturated carbocycles. The number of carbonyl (C=O) groups excluding carboxylic acids is 1. The quantitative estimate of drug-likeness (QED) is 0.442. The van der Waals surface area contributed by atoms with E-state index in [1.54, 1.807) is 29.2 Å². The average molecular weight is 507 g/mol. The van der Waals surface area contributed by atoms with Gasteiger partial charge in [-0.05, 0) is 37.3 Å². The lowest BCUT2D eigenvalue weighted by Gasteiger charge is -2.49. The lowest BCUT2D eigenvalue weighted by Crippen LogP contribution is -2.59. The van der Waals surface area contributed by atoms with E-state index in [-0.39, 0.29) is 34.6 Å². The van der Waals surface area contributed by atoms with Crippen molar-refractivity contribution in [2.75, 3.05) is 6.54 Å². The Morgan fingerprint density at radius 2 is 1.83 bits per heavy atom. The minimum Gasteiger partial charge on any atom is -0.471 e. The molecule has 2 saturated heterocycles. The molecule has 2 unspecified atom stereocenters. The van der Waals surface area contributed by atoms with E-state index in [0.717, 1.165) is 24.9 Å². The van der Waals surface area contributed by atoms with Gasteiger partial charge in [0.1, 0.15) is 11.1 Å². The smallest absolute Gasteiger partial charge is 0.417 e. The Bertz CT molecular complexity index is 1260. The average Bonchev–Trinajstić information content (AvgIpc) is 2.85. The Hall–Kier alpha value is -3.27. The van der Waals surface area contributed by atoms with E-state index in [1.807, 2.05) is 0 Å². The molecular formula is C24H19ClF4N4O2. The molecule has 1 aromatic carbocycles. The summed E-state index contributed by atoms with van der Waals surface area (Å²) in [5.74, 6) is -0.531. The predicted molar refractivity (Wildman–Crippen MR) is 118 cm³/mol. The molecule has 0 radical (unpaired) electrons. The summed E-state index contributed by atoms with van der Waals surface area (Å²) < 4.78 is 58.1. The lowest BCUT2D eigenvalue weighted by molar-refractivity contribution is -0.137. The van der Waals surface area contributed by atoms with Crippen molar-refractivity contribution in [3.05, 3.63) is 70.9 Å². The van der Waals surface area contributed by atoms with Crippen LogP contribution in [0.25, 0.3) is 11.4 Å². The zero-order valence-corrected chi connectivity index (χ0v) is 18.9. The van der Waals surface area contributed by atoms with Crippen molar-refractivity contribution >= 4 is 17.5 Å². The summed E-state index contributed by atoms with van der Waals surface area (Å²) in [6, 6.07) is 7.30. The van der Waals surface area contributed by atoms with Crippen LogP contribution in [0.2, 0.25) is 5.02 Å². The highest BCUT2D eigenvalue weighted by Gasteiger charge is 2.45. The molecule has 3 fully saturated rings. The summed E-state index contributed by atoms with van der Waals surface area (Å²) in [4.78, 5) is 27.2. The molecule has 3 aliphatic rings. The first-order valence-electron chi connectivity index (χ1n) is 11.0. The first-order chi connectivity index (χ1) is 16.7. The van der Waals surface area contributed by atoms with Gasteiger partial charge in [0.15, 0.2) is 11.6 Å². The van der Waals surface area contributed by atoms with Gasteiger partial charge < -0.3 is 9.64 Å². The van der Waals surface area contributed by atoms with E-state index in [1.165, 1.54) is 0 Å². The fourth-order valence-corrected chi connectivity index (χ4v) is 4.98. The Labute approximate surface area is 202 Å². The maximum atomic E-state index is 13.6. The van der Waals surface area contributed by atoms with Crippen molar-refractivity contribution in [2.45, 2.75) is 37.6 Å². The number of carbonyl (C=O) groups is 1. The number of amides is 1. The Morgan fingerprint density at radius 1 is 1.09 bits per heavy atom. The van der Waals surface area contributed by atoms with E-state index in [4.69, 9.17) is 16.3 Å². The molecule has 6 nitrogen and oxygen atoms in total. The lowest BCUT2D eigenvalue weighted by atomic mass is 9.77. The van der Waals surface area contributed by atoms with Crippen molar-refractivity contribution in [2.24, 2.45) is 5.92 Å². The standard InChI is InChI=1S/C24H19ClF4N4O2/c25-18-8-14(24(27,28)29)9-32-22(18)35-20-7-13-5-6-19(20)33(12-13)23(34)17-4-2-1-3-16(17)21-30-10-15(26)11-31-21/h1-4,8-11,13,19-20H,5-7,12H2/t13-,19?,20?/m1/s1. The van der Waals surface area contributed by atoms with Crippen LogP contribution < -0.4 is 4.74 Å². The predicted octanol–water partition coefficient (Wildman–Crippen LogP) is 5.42. The van der Waals surface area contributed by atoms with Gasteiger partial charge in [0, 0.05) is 18.3 Å². The van der Waals surface area contributed by atoms with Crippen LogP contribution >= 0.6 is 11.6 Å². The van der Waals surface area contributed by atoms with E-state index < -0.39 is 23.7 Å². The highest BCUT2D eigenvalue weighted by atomic mass is 35.5. The molecule has 4 heterocycles. The Kier molecular flexibility index (Phi) is 6.08. The fourth-order valence-electron chi connectivity index (χ4n) is 4.77. The third kappa shape index (κ3) is 4.67. The molecule has 2 aliphatic heterocycles. The summed E-state index contributed by atoms with van der Waals surface area (Å²) in [6.07, 6.45) is -0.0550. The molecule has 35 heavy (non-hydrogen) atoms. The van der Waals surface area contributed by atoms with Crippen LogP contribution in [0.1, 0.15) is 35.2 Å². The molecule has 0 N–H and O–H groups in total. The fraction of sp³-hybridized carbons (Fsp3) is 0.333. The normalized spacial score (nSPS) is 21.7. The summed E-state index contributed by atoms with van der Waals surface area (Å²) in [5, 5.41) is -0.238. The number of alkyl halides is 3. The van der Waals surface area contributed by atoms with E-state index in [0.29, 0.717) is 36.7 Å². The molecular weight excluding hydrogens is 488 g/mol. The minimum atomic E-state index is -4.57. The molecule has 1 aliphatic carbocycles. The number of fused-ring (bicyclic) bond motifs is 3. The third-order valence-electron chi connectivity index (χ3n) is 6.40. The maximum Gasteiger partial charge on any atom is 0.417 e. The zero-order chi connectivity index (χ0) is 24.7. The first kappa shape index (κ1) is 23.5. The molecule has 2 bridgehead atoms. The number of piperidine rings is 2. The zero-order valence-electron chi connectivity index (χ0n) is 18.2. The third-order valence-corrected chi connectivity index (χ3v) is 6.67. The summed E-state index contributed by atoms with van der Waals surface area (Å²) in [7, 11) is 0. The van der Waals surface area contributed by atoms with Gasteiger partial charge in [0.2, 0.25) is 5.88 Å². The van der Waals surface area contributed by atoms with Gasteiger partial charge in [0.25, 0.3) is 5.91 Å². The molecule has 2 aromatic heterocycles. The van der Waals surface area contributed by atoms with Crippen molar-refractivity contribution in [1.29, 1.82) is 0 Å². The van der Waals surface area contributed by atoms with Gasteiger partial charge in [-0.3, -0.25) is 4.79 Å². The van der Waals surface area contributed by atoms with Crippen LogP contribution in [0, 0.1) is 11.7 Å². The topological polar surface area (TPSA) is 68.2 Å². The molecule has 6 rings (SSSR count). The van der Waals surface area contributed by atoms with Crippen LogP contribution in [0.5, 0.6) is 5.88 Å². The van der Waals surface area contributed by atoms with Gasteiger partial charge in [-0.1, -0.05) is 29.8 Å². The van der Waals surface area contributed by atoms with Crippen LogP contribution in [0.15, 0.2) is 48.9 Å². The Balaban J connectivity index is 1.40. The molecule has 3 aromatic rings. The SMILES string of the molecule is O=C(c1ccccc1-c1ncc(F)cn1)N1C[C@@H]2CCC1C(Oc1ncc(C(F)(F)F)cc1Cl)C2. The van der Waals surface area contributed by atoms with Crippen molar-refractivity contribution < 1.29 is 27.1 Å². The second-order valence-corrected chi connectivity index (χ2v) is 9.05. The van der Waals surface area contributed by atoms with Gasteiger partial charge in [-0.2, -0.15) is 13.2 Å². The highest BCUT2D eigenvalue weighted by molar-refractivity contribution is 6.31. The second kappa shape index (κ2) is 9.07. The molecule has 3 atom stereocenters. The van der Waals surface area contributed by atoms with E-state index in [9.17, 15) is 22.4 Å². The van der Waals surface area contributed by atoms with Gasteiger partial charge in [0.05, 0.1) is 29.6 Å². The molecule has 182 valence electrons. The van der Waals surface area contributed by atoms with Gasteiger partial charge >= 0.3 is 6.18 Å². The van der Waals surface area contributed by atoms with E-state index in [2.05, 4.69) is 15.0 Å². The number of benzene rings is 1. The minimum absolute atomic E-state index is 0.0928.